The lowest BCUT2D eigenvalue weighted by Gasteiger charge is -2.20. The average molecular weight is 268 g/mol. The van der Waals surface area contributed by atoms with Gasteiger partial charge >= 0.3 is 0 Å². The van der Waals surface area contributed by atoms with E-state index in [-0.39, 0.29) is 5.91 Å². The van der Waals surface area contributed by atoms with Crippen molar-refractivity contribution >= 4 is 17.3 Å². The number of nitrogens with zero attached hydrogens (tertiary/aromatic N) is 1. The predicted octanol–water partition coefficient (Wildman–Crippen LogP) is 3.35. The number of anilines is 2. The SMILES string of the molecule is CCN1C(=O)c2cc(N)ccc2Oc2ccc(C)cc21. The highest BCUT2D eigenvalue weighted by Gasteiger charge is 2.27. The van der Waals surface area contributed by atoms with Crippen LogP contribution in [0.4, 0.5) is 11.4 Å². The Balaban J connectivity index is 2.23. The number of rotatable bonds is 1. The number of hydrogen-bond acceptors (Lipinski definition) is 3. The molecule has 0 bridgehead atoms. The van der Waals surface area contributed by atoms with Crippen molar-refractivity contribution in [2.45, 2.75) is 13.8 Å². The summed E-state index contributed by atoms with van der Waals surface area (Å²) in [5.74, 6) is 1.15. The second-order valence-corrected chi connectivity index (χ2v) is 4.88. The van der Waals surface area contributed by atoms with E-state index in [1.165, 1.54) is 0 Å². The van der Waals surface area contributed by atoms with Crippen molar-refractivity contribution in [3.63, 3.8) is 0 Å². The third-order valence-corrected chi connectivity index (χ3v) is 3.42. The number of fused-ring (bicyclic) bond motifs is 2. The lowest BCUT2D eigenvalue weighted by atomic mass is 10.1. The topological polar surface area (TPSA) is 55.6 Å². The van der Waals surface area contributed by atoms with Crippen LogP contribution in [0.1, 0.15) is 22.8 Å². The first-order valence-electron chi connectivity index (χ1n) is 6.60. The van der Waals surface area contributed by atoms with E-state index < -0.39 is 0 Å². The molecule has 102 valence electrons. The smallest absolute Gasteiger partial charge is 0.262 e. The minimum Gasteiger partial charge on any atom is -0.454 e. The maximum Gasteiger partial charge on any atom is 0.262 e. The van der Waals surface area contributed by atoms with Gasteiger partial charge in [0, 0.05) is 12.2 Å². The van der Waals surface area contributed by atoms with Gasteiger partial charge in [-0.3, -0.25) is 4.79 Å². The molecule has 0 unspecified atom stereocenters. The van der Waals surface area contributed by atoms with Crippen molar-refractivity contribution in [2.24, 2.45) is 0 Å². The van der Waals surface area contributed by atoms with Crippen LogP contribution in [0.3, 0.4) is 0 Å². The summed E-state index contributed by atoms with van der Waals surface area (Å²) >= 11 is 0. The van der Waals surface area contributed by atoms with Gasteiger partial charge in [-0.05, 0) is 49.7 Å². The number of nitrogen functional groups attached to an aromatic ring is 1. The lowest BCUT2D eigenvalue weighted by molar-refractivity contribution is 0.0988. The van der Waals surface area contributed by atoms with Crippen LogP contribution in [0.25, 0.3) is 0 Å². The minimum atomic E-state index is -0.0841. The Labute approximate surface area is 117 Å². The van der Waals surface area contributed by atoms with Crippen molar-refractivity contribution < 1.29 is 9.53 Å². The summed E-state index contributed by atoms with van der Waals surface area (Å²) < 4.78 is 5.90. The van der Waals surface area contributed by atoms with E-state index in [2.05, 4.69) is 0 Å². The monoisotopic (exact) mass is 268 g/mol. The van der Waals surface area contributed by atoms with Crippen molar-refractivity contribution in [1.82, 2.24) is 0 Å². The molecule has 1 amide bonds. The molecule has 2 aromatic rings. The molecular weight excluding hydrogens is 252 g/mol. The van der Waals surface area contributed by atoms with E-state index in [1.54, 1.807) is 23.1 Å². The van der Waals surface area contributed by atoms with Gasteiger partial charge in [0.25, 0.3) is 5.91 Å². The van der Waals surface area contributed by atoms with Crippen LogP contribution >= 0.6 is 0 Å². The predicted molar refractivity (Wildman–Crippen MR) is 79.5 cm³/mol. The molecule has 0 aromatic heterocycles. The molecule has 3 rings (SSSR count). The van der Waals surface area contributed by atoms with E-state index >= 15 is 0 Å². The summed E-state index contributed by atoms with van der Waals surface area (Å²) in [4.78, 5) is 14.4. The molecule has 20 heavy (non-hydrogen) atoms. The minimum absolute atomic E-state index is 0.0841. The molecule has 0 fully saturated rings. The molecule has 4 nitrogen and oxygen atoms in total. The van der Waals surface area contributed by atoms with Crippen LogP contribution in [0.2, 0.25) is 0 Å². The zero-order chi connectivity index (χ0) is 14.3. The van der Waals surface area contributed by atoms with Crippen LogP contribution < -0.4 is 15.4 Å². The van der Waals surface area contributed by atoms with Gasteiger partial charge in [0.1, 0.15) is 5.75 Å². The molecular formula is C16H16N2O2. The third-order valence-electron chi connectivity index (χ3n) is 3.42. The first-order valence-corrected chi connectivity index (χ1v) is 6.60. The Bertz CT molecular complexity index is 695. The summed E-state index contributed by atoms with van der Waals surface area (Å²) in [7, 11) is 0. The fraction of sp³-hybridized carbons (Fsp3) is 0.188. The van der Waals surface area contributed by atoms with Gasteiger partial charge in [-0.1, -0.05) is 6.07 Å². The van der Waals surface area contributed by atoms with Crippen LogP contribution in [-0.4, -0.2) is 12.5 Å². The van der Waals surface area contributed by atoms with Crippen LogP contribution in [-0.2, 0) is 0 Å². The molecule has 1 heterocycles. The number of carbonyl (C=O) groups excluding carboxylic acids is 1. The van der Waals surface area contributed by atoms with Gasteiger partial charge < -0.3 is 15.4 Å². The molecule has 0 saturated heterocycles. The largest absolute Gasteiger partial charge is 0.454 e. The van der Waals surface area contributed by atoms with E-state index in [1.807, 2.05) is 32.0 Å². The van der Waals surface area contributed by atoms with Crippen LogP contribution in [0, 0.1) is 6.92 Å². The highest BCUT2D eigenvalue weighted by atomic mass is 16.5. The molecule has 1 aliphatic rings. The standard InChI is InChI=1S/C16H16N2O2/c1-3-18-13-8-10(2)4-6-15(13)20-14-7-5-11(17)9-12(14)16(18)19/h4-9H,3,17H2,1-2H3. The number of aryl methyl sites for hydroxylation is 1. The zero-order valence-electron chi connectivity index (χ0n) is 11.5. The Morgan fingerprint density at radius 1 is 1.15 bits per heavy atom. The van der Waals surface area contributed by atoms with Gasteiger partial charge in [-0.15, -0.1) is 0 Å². The maximum atomic E-state index is 12.7. The zero-order valence-corrected chi connectivity index (χ0v) is 11.5. The fourth-order valence-electron chi connectivity index (χ4n) is 2.42. The molecule has 2 N–H and O–H groups in total. The number of hydrogen-bond donors (Lipinski definition) is 1. The van der Waals surface area contributed by atoms with Crippen LogP contribution in [0.15, 0.2) is 36.4 Å². The van der Waals surface area contributed by atoms with Crippen molar-refractivity contribution in [3.8, 4) is 11.5 Å². The number of amides is 1. The number of nitrogens with two attached hydrogens (primary N) is 1. The maximum absolute atomic E-state index is 12.7. The molecule has 0 atom stereocenters. The summed E-state index contributed by atoms with van der Waals surface area (Å²) in [6, 6.07) is 11.0. The quantitative estimate of drug-likeness (QED) is 0.807. The van der Waals surface area contributed by atoms with E-state index in [9.17, 15) is 4.79 Å². The van der Waals surface area contributed by atoms with Crippen molar-refractivity contribution in [1.29, 1.82) is 0 Å². The molecule has 2 aromatic carbocycles. The lowest BCUT2D eigenvalue weighted by Crippen LogP contribution is -2.29. The van der Waals surface area contributed by atoms with Crippen molar-refractivity contribution in [2.75, 3.05) is 17.2 Å². The Morgan fingerprint density at radius 2 is 1.90 bits per heavy atom. The third kappa shape index (κ3) is 1.90. The highest BCUT2D eigenvalue weighted by Crippen LogP contribution is 2.39. The second-order valence-electron chi connectivity index (χ2n) is 4.88. The summed E-state index contributed by atoms with van der Waals surface area (Å²) in [6.45, 7) is 4.52. The molecule has 0 saturated carbocycles. The van der Waals surface area contributed by atoms with E-state index in [0.717, 1.165) is 11.3 Å². The summed E-state index contributed by atoms with van der Waals surface area (Å²) in [6.07, 6.45) is 0. The van der Waals surface area contributed by atoms with Gasteiger partial charge in [0.15, 0.2) is 5.75 Å². The Kier molecular flexibility index (Phi) is 2.86. The second kappa shape index (κ2) is 4.56. The van der Waals surface area contributed by atoms with Gasteiger partial charge in [-0.25, -0.2) is 0 Å². The molecule has 0 radical (unpaired) electrons. The fourth-order valence-corrected chi connectivity index (χ4v) is 2.42. The normalized spacial score (nSPS) is 13.3. The first kappa shape index (κ1) is 12.5. The number of ether oxygens (including phenoxy) is 1. The van der Waals surface area contributed by atoms with Gasteiger partial charge in [0.2, 0.25) is 0 Å². The molecule has 0 spiro atoms. The molecule has 4 heteroatoms. The Hall–Kier alpha value is -2.49. The van der Waals surface area contributed by atoms with Crippen molar-refractivity contribution in [3.05, 3.63) is 47.5 Å². The van der Waals surface area contributed by atoms with Gasteiger partial charge in [-0.2, -0.15) is 0 Å². The van der Waals surface area contributed by atoms with Crippen LogP contribution in [0.5, 0.6) is 11.5 Å². The van der Waals surface area contributed by atoms with E-state index in [4.69, 9.17) is 10.5 Å². The van der Waals surface area contributed by atoms with E-state index in [0.29, 0.717) is 29.3 Å². The van der Waals surface area contributed by atoms with Gasteiger partial charge in [0.05, 0.1) is 11.3 Å². The molecule has 0 aliphatic carbocycles. The Morgan fingerprint density at radius 3 is 2.65 bits per heavy atom. The summed E-state index contributed by atoms with van der Waals surface area (Å²) in [5, 5.41) is 0. The molecule has 1 aliphatic heterocycles. The highest BCUT2D eigenvalue weighted by molar-refractivity contribution is 6.10. The number of carbonyl (C=O) groups is 1. The average Bonchev–Trinajstić information content (AvgIpc) is 2.54. The number of benzene rings is 2. The summed E-state index contributed by atoms with van der Waals surface area (Å²) in [5.41, 5.74) is 8.73. The first-order chi connectivity index (χ1) is 9.60.